The lowest BCUT2D eigenvalue weighted by atomic mass is 10.2. The molecular formula is C14H21FN2O2. The first-order valence-electron chi connectivity index (χ1n) is 6.37. The Kier molecular flexibility index (Phi) is 6.29. The van der Waals surface area contributed by atoms with Crippen LogP contribution in [0.15, 0.2) is 18.2 Å². The Hall–Kier alpha value is -1.62. The Labute approximate surface area is 113 Å². The highest BCUT2D eigenvalue weighted by molar-refractivity contribution is 5.75. The highest BCUT2D eigenvalue weighted by Crippen LogP contribution is 2.18. The lowest BCUT2D eigenvalue weighted by Crippen LogP contribution is -2.30. The first-order valence-corrected chi connectivity index (χ1v) is 6.37. The van der Waals surface area contributed by atoms with E-state index in [1.54, 1.807) is 24.1 Å². The molecule has 0 heterocycles. The summed E-state index contributed by atoms with van der Waals surface area (Å²) in [5.41, 5.74) is 6.30. The largest absolute Gasteiger partial charge is 0.490 e. The molecule has 1 rings (SSSR count). The summed E-state index contributed by atoms with van der Waals surface area (Å²) in [4.78, 5) is 13.3. The summed E-state index contributed by atoms with van der Waals surface area (Å²) < 4.78 is 18.7. The molecule has 0 aliphatic rings. The van der Waals surface area contributed by atoms with Crippen LogP contribution in [-0.2, 0) is 4.79 Å². The Morgan fingerprint density at radius 1 is 1.47 bits per heavy atom. The zero-order chi connectivity index (χ0) is 14.3. The van der Waals surface area contributed by atoms with Gasteiger partial charge in [-0.05, 0) is 37.6 Å². The maximum Gasteiger partial charge on any atom is 0.225 e. The van der Waals surface area contributed by atoms with Gasteiger partial charge in [0.15, 0.2) is 11.6 Å². The number of ether oxygens (including phenoxy) is 1. The van der Waals surface area contributed by atoms with Crippen molar-refractivity contribution in [3.8, 4) is 5.75 Å². The van der Waals surface area contributed by atoms with Crippen LogP contribution in [0.1, 0.15) is 18.4 Å². The van der Waals surface area contributed by atoms with Gasteiger partial charge >= 0.3 is 0 Å². The van der Waals surface area contributed by atoms with Crippen LogP contribution in [0.2, 0.25) is 0 Å². The first kappa shape index (κ1) is 15.4. The minimum Gasteiger partial charge on any atom is -0.490 e. The number of hydrogen-bond donors (Lipinski definition) is 1. The third-order valence-electron chi connectivity index (χ3n) is 2.78. The smallest absolute Gasteiger partial charge is 0.225 e. The number of carbonyl (C=O) groups excluding carboxylic acids is 1. The lowest BCUT2D eigenvalue weighted by molar-refractivity contribution is -0.130. The minimum atomic E-state index is -0.408. The van der Waals surface area contributed by atoms with Crippen molar-refractivity contribution in [3.05, 3.63) is 29.6 Å². The maximum absolute atomic E-state index is 13.4. The van der Waals surface area contributed by atoms with Crippen molar-refractivity contribution >= 4 is 5.91 Å². The van der Waals surface area contributed by atoms with Gasteiger partial charge in [-0.3, -0.25) is 4.79 Å². The first-order chi connectivity index (χ1) is 9.04. The third kappa shape index (κ3) is 5.26. The maximum atomic E-state index is 13.4. The Morgan fingerprint density at radius 2 is 2.21 bits per heavy atom. The fourth-order valence-electron chi connectivity index (χ4n) is 1.61. The average molecular weight is 268 g/mol. The molecule has 0 aliphatic heterocycles. The highest BCUT2D eigenvalue weighted by atomic mass is 19.1. The molecule has 1 aromatic carbocycles. The van der Waals surface area contributed by atoms with Crippen molar-refractivity contribution < 1.29 is 13.9 Å². The second-order valence-electron chi connectivity index (χ2n) is 4.49. The van der Waals surface area contributed by atoms with Crippen molar-refractivity contribution in [2.75, 3.05) is 26.7 Å². The molecule has 0 radical (unpaired) electrons. The van der Waals surface area contributed by atoms with Gasteiger partial charge in [0.2, 0.25) is 5.91 Å². The Morgan fingerprint density at radius 3 is 2.89 bits per heavy atom. The SMILES string of the molecule is Cc1ccc(F)c(OCCC(=O)N(C)CCCN)c1. The van der Waals surface area contributed by atoms with E-state index in [0.717, 1.165) is 12.0 Å². The topological polar surface area (TPSA) is 55.6 Å². The van der Waals surface area contributed by atoms with E-state index in [9.17, 15) is 9.18 Å². The second kappa shape index (κ2) is 7.74. The molecule has 4 nitrogen and oxygen atoms in total. The highest BCUT2D eigenvalue weighted by Gasteiger charge is 2.09. The number of hydrogen-bond acceptors (Lipinski definition) is 3. The van der Waals surface area contributed by atoms with Crippen LogP contribution in [0.4, 0.5) is 4.39 Å². The monoisotopic (exact) mass is 268 g/mol. The fourth-order valence-corrected chi connectivity index (χ4v) is 1.61. The molecule has 106 valence electrons. The second-order valence-corrected chi connectivity index (χ2v) is 4.49. The van der Waals surface area contributed by atoms with Gasteiger partial charge in [0.05, 0.1) is 13.0 Å². The van der Waals surface area contributed by atoms with Crippen molar-refractivity contribution in [2.24, 2.45) is 5.73 Å². The normalized spacial score (nSPS) is 10.3. The molecule has 0 unspecified atom stereocenters. The summed E-state index contributed by atoms with van der Waals surface area (Å²) in [6, 6.07) is 4.66. The van der Waals surface area contributed by atoms with E-state index < -0.39 is 5.82 Å². The number of aryl methyl sites for hydroxylation is 1. The number of amides is 1. The zero-order valence-corrected chi connectivity index (χ0v) is 11.5. The summed E-state index contributed by atoms with van der Waals surface area (Å²) in [5.74, 6) is -0.242. The van der Waals surface area contributed by atoms with Crippen LogP contribution in [0, 0.1) is 12.7 Å². The van der Waals surface area contributed by atoms with E-state index in [4.69, 9.17) is 10.5 Å². The summed E-state index contributed by atoms with van der Waals surface area (Å²) in [7, 11) is 1.73. The van der Waals surface area contributed by atoms with Gasteiger partial charge in [0.1, 0.15) is 0 Å². The van der Waals surface area contributed by atoms with Gasteiger partial charge in [0.25, 0.3) is 0 Å². The van der Waals surface area contributed by atoms with Gasteiger partial charge in [-0.15, -0.1) is 0 Å². The average Bonchev–Trinajstić information content (AvgIpc) is 2.39. The zero-order valence-electron chi connectivity index (χ0n) is 11.5. The van der Waals surface area contributed by atoms with Gasteiger partial charge in [-0.25, -0.2) is 4.39 Å². The number of carbonyl (C=O) groups is 1. The molecule has 0 aliphatic carbocycles. The molecule has 5 heteroatoms. The predicted molar refractivity (Wildman–Crippen MR) is 72.6 cm³/mol. The predicted octanol–water partition coefficient (Wildman–Crippen LogP) is 1.71. The molecule has 0 fully saturated rings. The summed E-state index contributed by atoms with van der Waals surface area (Å²) >= 11 is 0. The van der Waals surface area contributed by atoms with Crippen LogP contribution in [0.3, 0.4) is 0 Å². The summed E-state index contributed by atoms with van der Waals surface area (Å²) in [6.07, 6.45) is 1.00. The molecule has 0 saturated heterocycles. The molecule has 2 N–H and O–H groups in total. The van der Waals surface area contributed by atoms with Gasteiger partial charge < -0.3 is 15.4 Å². The number of nitrogens with two attached hydrogens (primary N) is 1. The standard InChI is InChI=1S/C14H21FN2O2/c1-11-4-5-12(15)13(10-11)19-9-6-14(18)17(2)8-3-7-16/h4-5,10H,3,6-9,16H2,1-2H3. The molecule has 0 spiro atoms. The van der Waals surface area contributed by atoms with Gasteiger partial charge in [-0.2, -0.15) is 0 Å². The molecule has 0 bridgehead atoms. The molecule has 19 heavy (non-hydrogen) atoms. The van der Waals surface area contributed by atoms with Crippen molar-refractivity contribution in [3.63, 3.8) is 0 Å². The van der Waals surface area contributed by atoms with Crippen LogP contribution in [-0.4, -0.2) is 37.6 Å². The van der Waals surface area contributed by atoms with Crippen LogP contribution in [0.5, 0.6) is 5.75 Å². The Balaban J connectivity index is 2.37. The van der Waals surface area contributed by atoms with Crippen LogP contribution in [0.25, 0.3) is 0 Å². The van der Waals surface area contributed by atoms with E-state index in [0.29, 0.717) is 13.1 Å². The lowest BCUT2D eigenvalue weighted by Gasteiger charge is -2.16. The van der Waals surface area contributed by atoms with Crippen molar-refractivity contribution in [2.45, 2.75) is 19.8 Å². The van der Waals surface area contributed by atoms with Crippen molar-refractivity contribution in [1.82, 2.24) is 4.90 Å². The minimum absolute atomic E-state index is 0.0264. The number of nitrogens with zero attached hydrogens (tertiary/aromatic N) is 1. The molecule has 1 aromatic rings. The molecule has 1 amide bonds. The number of benzene rings is 1. The molecule has 0 atom stereocenters. The summed E-state index contributed by atoms with van der Waals surface area (Å²) in [5, 5.41) is 0. The van der Waals surface area contributed by atoms with Crippen LogP contribution >= 0.6 is 0 Å². The van der Waals surface area contributed by atoms with E-state index in [-0.39, 0.29) is 24.7 Å². The number of rotatable bonds is 7. The third-order valence-corrected chi connectivity index (χ3v) is 2.78. The molecule has 0 aromatic heterocycles. The van der Waals surface area contributed by atoms with E-state index in [1.165, 1.54) is 6.07 Å². The van der Waals surface area contributed by atoms with E-state index in [2.05, 4.69) is 0 Å². The summed E-state index contributed by atoms with van der Waals surface area (Å²) in [6.45, 7) is 3.22. The van der Waals surface area contributed by atoms with Gasteiger partial charge in [-0.1, -0.05) is 6.07 Å². The van der Waals surface area contributed by atoms with E-state index in [1.807, 2.05) is 6.92 Å². The Bertz CT molecular complexity index is 424. The number of halogens is 1. The fraction of sp³-hybridized carbons (Fsp3) is 0.500. The molecule has 0 saturated carbocycles. The van der Waals surface area contributed by atoms with Crippen molar-refractivity contribution in [1.29, 1.82) is 0 Å². The van der Waals surface area contributed by atoms with E-state index >= 15 is 0 Å². The quantitative estimate of drug-likeness (QED) is 0.819. The van der Waals surface area contributed by atoms with Gasteiger partial charge in [0, 0.05) is 13.6 Å². The van der Waals surface area contributed by atoms with Crippen LogP contribution < -0.4 is 10.5 Å². The molecular weight excluding hydrogens is 247 g/mol.